The number of nitro groups is 1. The molecular weight excluding hydrogens is 391 g/mol. The number of nitrogens with zero attached hydrogens (tertiary/aromatic N) is 5. The Balaban J connectivity index is 1.45. The van der Waals surface area contributed by atoms with Crippen LogP contribution in [0.4, 0.5) is 15.9 Å². The Bertz CT molecular complexity index is 970. The van der Waals surface area contributed by atoms with Crippen LogP contribution < -0.4 is 10.1 Å². The zero-order valence-corrected chi connectivity index (χ0v) is 17.3. The van der Waals surface area contributed by atoms with E-state index in [1.165, 1.54) is 20.5 Å². The molecular formula is C20H25FN6O3. The van der Waals surface area contributed by atoms with Crippen molar-refractivity contribution in [1.82, 2.24) is 19.8 Å². The molecule has 160 valence electrons. The van der Waals surface area contributed by atoms with Crippen molar-refractivity contribution in [3.05, 3.63) is 51.0 Å². The molecule has 30 heavy (non-hydrogen) atoms. The summed E-state index contributed by atoms with van der Waals surface area (Å²) >= 11 is 0. The molecule has 2 aromatic rings. The number of hydrogen-bond donors (Lipinski definition) is 1. The lowest BCUT2D eigenvalue weighted by atomic mass is 10.1. The molecule has 0 spiro atoms. The quantitative estimate of drug-likeness (QED) is 0.543. The van der Waals surface area contributed by atoms with Crippen molar-refractivity contribution in [3.63, 3.8) is 0 Å². The molecule has 2 aliphatic rings. The van der Waals surface area contributed by atoms with Gasteiger partial charge in [0.1, 0.15) is 11.5 Å². The number of hydrogen-bond acceptors (Lipinski definition) is 8. The highest BCUT2D eigenvalue weighted by Crippen LogP contribution is 2.31. The van der Waals surface area contributed by atoms with E-state index in [0.717, 1.165) is 25.2 Å². The first-order valence-electron chi connectivity index (χ1n) is 9.88. The van der Waals surface area contributed by atoms with Crippen molar-refractivity contribution < 1.29 is 14.1 Å². The SMILES string of the molecule is COc1nc(C)c([N+](=O)[O-])c(NCc2ccc(CN3C[C@@H]4C[C@H]3CN4C)cc2F)n1. The number of aryl methyl sites for hydroxylation is 1. The van der Waals surface area contributed by atoms with E-state index in [2.05, 4.69) is 32.1 Å². The van der Waals surface area contributed by atoms with Crippen molar-refractivity contribution in [2.24, 2.45) is 0 Å². The van der Waals surface area contributed by atoms with Gasteiger partial charge in [0.05, 0.1) is 12.0 Å². The molecule has 1 N–H and O–H groups in total. The van der Waals surface area contributed by atoms with Gasteiger partial charge in [0, 0.05) is 43.8 Å². The summed E-state index contributed by atoms with van der Waals surface area (Å²) in [6, 6.07) is 6.34. The van der Waals surface area contributed by atoms with Crippen LogP contribution in [-0.2, 0) is 13.1 Å². The number of piperazine rings is 1. The summed E-state index contributed by atoms with van der Waals surface area (Å²) in [5.41, 5.74) is 1.26. The van der Waals surface area contributed by atoms with E-state index in [1.54, 1.807) is 12.1 Å². The third-order valence-electron chi connectivity index (χ3n) is 5.98. The fraction of sp³-hybridized carbons (Fsp3) is 0.500. The molecule has 4 rings (SSSR count). The Morgan fingerprint density at radius 1 is 1.33 bits per heavy atom. The number of fused-ring (bicyclic) bond motifs is 2. The lowest BCUT2D eigenvalue weighted by Gasteiger charge is -2.31. The largest absolute Gasteiger partial charge is 0.467 e. The molecule has 2 bridgehead atoms. The predicted molar refractivity (Wildman–Crippen MR) is 109 cm³/mol. The molecule has 3 heterocycles. The maximum atomic E-state index is 14.7. The van der Waals surface area contributed by atoms with Crippen LogP contribution in [0.1, 0.15) is 23.2 Å². The number of benzene rings is 1. The highest BCUT2D eigenvalue weighted by molar-refractivity contribution is 5.59. The van der Waals surface area contributed by atoms with Crippen molar-refractivity contribution in [3.8, 4) is 6.01 Å². The van der Waals surface area contributed by atoms with Gasteiger partial charge in [-0.2, -0.15) is 9.97 Å². The van der Waals surface area contributed by atoms with Gasteiger partial charge in [-0.15, -0.1) is 0 Å². The van der Waals surface area contributed by atoms with Gasteiger partial charge in [0.25, 0.3) is 0 Å². The van der Waals surface area contributed by atoms with Crippen LogP contribution in [0.25, 0.3) is 0 Å². The van der Waals surface area contributed by atoms with Crippen LogP contribution in [-0.4, -0.2) is 64.0 Å². The molecule has 2 fully saturated rings. The maximum absolute atomic E-state index is 14.7. The molecule has 2 saturated heterocycles. The van der Waals surface area contributed by atoms with Gasteiger partial charge >= 0.3 is 11.7 Å². The second kappa shape index (κ2) is 8.11. The van der Waals surface area contributed by atoms with E-state index in [9.17, 15) is 14.5 Å². The third kappa shape index (κ3) is 3.92. The summed E-state index contributed by atoms with van der Waals surface area (Å²) < 4.78 is 19.7. The van der Waals surface area contributed by atoms with E-state index in [-0.39, 0.29) is 35.6 Å². The minimum atomic E-state index is -0.558. The summed E-state index contributed by atoms with van der Waals surface area (Å²) in [5.74, 6) is -0.341. The average Bonchev–Trinajstić information content (AvgIpc) is 3.25. The monoisotopic (exact) mass is 416 g/mol. The van der Waals surface area contributed by atoms with Crippen LogP contribution in [0.2, 0.25) is 0 Å². The Labute approximate surface area is 174 Å². The smallest absolute Gasteiger partial charge is 0.332 e. The molecule has 0 amide bonds. The molecule has 9 nitrogen and oxygen atoms in total. The molecule has 10 heteroatoms. The zero-order chi connectivity index (χ0) is 21.4. The highest BCUT2D eigenvalue weighted by Gasteiger charge is 2.41. The maximum Gasteiger partial charge on any atom is 0.332 e. The van der Waals surface area contributed by atoms with Crippen molar-refractivity contribution >= 4 is 11.5 Å². The van der Waals surface area contributed by atoms with Crippen LogP contribution in [0, 0.1) is 22.9 Å². The average molecular weight is 416 g/mol. The van der Waals surface area contributed by atoms with Crippen molar-refractivity contribution in [2.45, 2.75) is 38.5 Å². The number of halogens is 1. The van der Waals surface area contributed by atoms with Crippen LogP contribution >= 0.6 is 0 Å². The summed E-state index contributed by atoms with van der Waals surface area (Å²) in [6.45, 7) is 4.38. The number of nitrogens with one attached hydrogen (secondary N) is 1. The Hall–Kier alpha value is -2.85. The summed E-state index contributed by atoms with van der Waals surface area (Å²) in [5, 5.41) is 14.2. The first-order valence-corrected chi connectivity index (χ1v) is 9.88. The second-order valence-electron chi connectivity index (χ2n) is 7.94. The predicted octanol–water partition coefficient (Wildman–Crippen LogP) is 2.34. The minimum absolute atomic E-state index is 0.00467. The lowest BCUT2D eigenvalue weighted by Crippen LogP contribution is -2.43. The van der Waals surface area contributed by atoms with Crippen LogP contribution in [0.3, 0.4) is 0 Å². The molecule has 2 aliphatic heterocycles. The highest BCUT2D eigenvalue weighted by atomic mass is 19.1. The Kier molecular flexibility index (Phi) is 5.52. The normalized spacial score (nSPS) is 21.2. The molecule has 0 aliphatic carbocycles. The van der Waals surface area contributed by atoms with Crippen LogP contribution in [0.15, 0.2) is 18.2 Å². The third-order valence-corrected chi connectivity index (χ3v) is 5.98. The fourth-order valence-corrected chi connectivity index (χ4v) is 4.36. The number of methoxy groups -OCH3 is 1. The number of anilines is 1. The summed E-state index contributed by atoms with van der Waals surface area (Å²) in [7, 11) is 3.54. The molecule has 0 unspecified atom stereocenters. The molecule has 2 atom stereocenters. The number of likely N-dealkylation sites (N-methyl/N-ethyl adjacent to an activating group) is 1. The number of aromatic nitrogens is 2. The van der Waals surface area contributed by atoms with Crippen LogP contribution in [0.5, 0.6) is 6.01 Å². The fourth-order valence-electron chi connectivity index (χ4n) is 4.36. The lowest BCUT2D eigenvalue weighted by molar-refractivity contribution is -0.385. The number of ether oxygens (including phenoxy) is 1. The molecule has 1 aromatic carbocycles. The van der Waals surface area contributed by atoms with E-state index < -0.39 is 4.92 Å². The van der Waals surface area contributed by atoms with Crippen molar-refractivity contribution in [2.75, 3.05) is 32.6 Å². The summed E-state index contributed by atoms with van der Waals surface area (Å²) in [6.07, 6.45) is 1.18. The van der Waals surface area contributed by atoms with Gasteiger partial charge in [-0.1, -0.05) is 12.1 Å². The van der Waals surface area contributed by atoms with E-state index in [1.807, 2.05) is 6.07 Å². The first-order chi connectivity index (χ1) is 14.4. The standard InChI is InChI=1S/C20H25FN6O3/c1-12-18(27(28)29)19(24-20(23-12)30-3)22-8-14-5-4-13(6-17(14)21)9-26-11-15-7-16(26)10-25(15)2/h4-6,15-16H,7-11H2,1-3H3,(H,22,23,24)/t15-,16-/m0/s1. The molecule has 0 radical (unpaired) electrons. The first kappa shape index (κ1) is 20.4. The Morgan fingerprint density at radius 2 is 2.13 bits per heavy atom. The molecule has 0 saturated carbocycles. The van der Waals surface area contributed by atoms with Gasteiger partial charge in [-0.25, -0.2) is 4.39 Å². The molecule has 1 aromatic heterocycles. The van der Waals surface area contributed by atoms with E-state index in [4.69, 9.17) is 4.74 Å². The second-order valence-corrected chi connectivity index (χ2v) is 7.94. The Morgan fingerprint density at radius 3 is 2.73 bits per heavy atom. The van der Waals surface area contributed by atoms with Gasteiger partial charge in [-0.05, 0) is 32.0 Å². The van der Waals surface area contributed by atoms with E-state index >= 15 is 0 Å². The van der Waals surface area contributed by atoms with Crippen molar-refractivity contribution in [1.29, 1.82) is 0 Å². The zero-order valence-electron chi connectivity index (χ0n) is 17.3. The topological polar surface area (TPSA) is 96.7 Å². The van der Waals surface area contributed by atoms with Gasteiger partial charge in [0.2, 0.25) is 5.82 Å². The van der Waals surface area contributed by atoms with Gasteiger partial charge < -0.3 is 15.0 Å². The number of rotatable bonds is 7. The van der Waals surface area contributed by atoms with E-state index in [0.29, 0.717) is 17.6 Å². The minimum Gasteiger partial charge on any atom is -0.467 e. The van der Waals surface area contributed by atoms with Gasteiger partial charge in [0.15, 0.2) is 0 Å². The van der Waals surface area contributed by atoms with Gasteiger partial charge in [-0.3, -0.25) is 15.0 Å². The number of likely N-dealkylation sites (tertiary alicyclic amines) is 2. The summed E-state index contributed by atoms with van der Waals surface area (Å²) in [4.78, 5) is 23.6.